The quantitative estimate of drug-likeness (QED) is 0.633. The summed E-state index contributed by atoms with van der Waals surface area (Å²) < 4.78 is 5.00. The molecule has 0 spiro atoms. The van der Waals surface area contributed by atoms with Crippen molar-refractivity contribution in [3.8, 4) is 0 Å². The fourth-order valence-corrected chi connectivity index (χ4v) is 0.878. The molecule has 0 amide bonds. The Kier molecular flexibility index (Phi) is 2.09. The van der Waals surface area contributed by atoms with E-state index in [1.54, 1.807) is 12.3 Å². The van der Waals surface area contributed by atoms with Crippen molar-refractivity contribution in [3.63, 3.8) is 0 Å². The van der Waals surface area contributed by atoms with Crippen LogP contribution in [0.1, 0.15) is 17.4 Å². The zero-order valence-electron chi connectivity index (χ0n) is 5.87. The van der Waals surface area contributed by atoms with E-state index < -0.39 is 0 Å². The van der Waals surface area contributed by atoms with Crippen LogP contribution in [0.4, 0.5) is 0 Å². The van der Waals surface area contributed by atoms with Crippen molar-refractivity contribution in [2.45, 2.75) is 13.0 Å². The number of hydrogen-bond acceptors (Lipinski definition) is 3. The molecule has 10 heavy (non-hydrogen) atoms. The van der Waals surface area contributed by atoms with Gasteiger partial charge in [0.15, 0.2) is 0 Å². The number of aliphatic hydroxyl groups excluding tert-OH is 1. The molecule has 3 nitrogen and oxygen atoms in total. The molecule has 1 atom stereocenters. The number of rotatable bonds is 2. The Morgan fingerprint density at radius 3 is 2.90 bits per heavy atom. The fraction of sp³-hybridized carbons (Fsp3) is 0.429. The molecule has 0 radical (unpaired) electrons. The topological polar surface area (TPSA) is 59.4 Å². The molecule has 3 heteroatoms. The van der Waals surface area contributed by atoms with Gasteiger partial charge in [-0.2, -0.15) is 0 Å². The summed E-state index contributed by atoms with van der Waals surface area (Å²) in [6.07, 6.45) is 1.57. The van der Waals surface area contributed by atoms with Crippen LogP contribution in [0.2, 0.25) is 0 Å². The highest BCUT2D eigenvalue weighted by atomic mass is 16.3. The highest BCUT2D eigenvalue weighted by Gasteiger charge is 2.08. The molecule has 1 rings (SSSR count). The number of nitrogens with two attached hydrogens (primary N) is 1. The molecule has 0 aliphatic carbocycles. The van der Waals surface area contributed by atoms with Gasteiger partial charge in [0.25, 0.3) is 0 Å². The fourth-order valence-electron chi connectivity index (χ4n) is 0.878. The molecule has 0 saturated carbocycles. The van der Waals surface area contributed by atoms with Crippen LogP contribution in [-0.2, 0) is 0 Å². The average molecular weight is 141 g/mol. The van der Waals surface area contributed by atoms with Gasteiger partial charge in [-0.25, -0.2) is 0 Å². The third-order valence-electron chi connectivity index (χ3n) is 1.50. The normalized spacial score (nSPS) is 13.5. The molecule has 1 heterocycles. The maximum absolute atomic E-state index is 8.66. The van der Waals surface area contributed by atoms with Gasteiger partial charge < -0.3 is 15.3 Å². The largest absolute Gasteiger partial charge is 0.469 e. The lowest BCUT2D eigenvalue weighted by Gasteiger charge is -2.04. The first-order chi connectivity index (χ1) is 4.75. The lowest BCUT2D eigenvalue weighted by atomic mass is 10.1. The molecule has 0 aliphatic heterocycles. The van der Waals surface area contributed by atoms with E-state index in [0.29, 0.717) is 0 Å². The molecule has 1 unspecified atom stereocenters. The van der Waals surface area contributed by atoms with Gasteiger partial charge in [0.05, 0.1) is 18.9 Å². The van der Waals surface area contributed by atoms with Crippen molar-refractivity contribution < 1.29 is 9.52 Å². The van der Waals surface area contributed by atoms with E-state index in [1.165, 1.54) is 0 Å². The van der Waals surface area contributed by atoms with Gasteiger partial charge in [-0.1, -0.05) is 0 Å². The number of furan rings is 1. The molecular weight excluding hydrogens is 130 g/mol. The maximum Gasteiger partial charge on any atom is 0.105 e. The third-order valence-corrected chi connectivity index (χ3v) is 1.50. The molecular formula is C7H11NO2. The van der Waals surface area contributed by atoms with Gasteiger partial charge in [-0.15, -0.1) is 0 Å². The van der Waals surface area contributed by atoms with Crippen molar-refractivity contribution in [2.75, 3.05) is 6.61 Å². The summed E-state index contributed by atoms with van der Waals surface area (Å²) in [6.45, 7) is 1.78. The molecule has 0 aliphatic rings. The summed E-state index contributed by atoms with van der Waals surface area (Å²) in [5.74, 6) is 0.779. The Labute approximate surface area is 59.5 Å². The number of aryl methyl sites for hydroxylation is 1. The minimum absolute atomic E-state index is 0.0413. The van der Waals surface area contributed by atoms with Crippen LogP contribution >= 0.6 is 0 Å². The molecule has 0 fully saturated rings. The van der Waals surface area contributed by atoms with Crippen molar-refractivity contribution in [1.82, 2.24) is 0 Å². The highest BCUT2D eigenvalue weighted by molar-refractivity contribution is 5.19. The highest BCUT2D eigenvalue weighted by Crippen LogP contribution is 2.15. The van der Waals surface area contributed by atoms with E-state index in [9.17, 15) is 0 Å². The smallest absolute Gasteiger partial charge is 0.105 e. The summed E-state index contributed by atoms with van der Waals surface area (Å²) >= 11 is 0. The number of aliphatic hydroxyl groups is 1. The predicted octanol–water partition coefficient (Wildman–Crippen LogP) is 0.580. The van der Waals surface area contributed by atoms with Crippen molar-refractivity contribution in [2.24, 2.45) is 5.73 Å². The van der Waals surface area contributed by atoms with Crippen molar-refractivity contribution in [3.05, 3.63) is 23.7 Å². The lowest BCUT2D eigenvalue weighted by molar-refractivity contribution is 0.267. The van der Waals surface area contributed by atoms with E-state index in [0.717, 1.165) is 11.3 Å². The first kappa shape index (κ1) is 7.31. The standard InChI is InChI=1S/C7H11NO2/c1-5-6(2-3-10-5)7(8)4-9/h2-3,7,9H,4,8H2,1H3. The van der Waals surface area contributed by atoms with Gasteiger partial charge in [-0.3, -0.25) is 0 Å². The molecule has 0 saturated heterocycles. The minimum atomic E-state index is -0.307. The first-order valence-electron chi connectivity index (χ1n) is 3.16. The van der Waals surface area contributed by atoms with Crippen LogP contribution in [0.15, 0.2) is 16.7 Å². The summed E-state index contributed by atoms with van der Waals surface area (Å²) in [4.78, 5) is 0. The van der Waals surface area contributed by atoms with Crippen LogP contribution in [-0.4, -0.2) is 11.7 Å². The second kappa shape index (κ2) is 2.86. The van der Waals surface area contributed by atoms with E-state index in [-0.39, 0.29) is 12.6 Å². The van der Waals surface area contributed by atoms with Gasteiger partial charge >= 0.3 is 0 Å². The van der Waals surface area contributed by atoms with E-state index in [1.807, 2.05) is 6.92 Å². The van der Waals surface area contributed by atoms with Crippen molar-refractivity contribution >= 4 is 0 Å². The van der Waals surface area contributed by atoms with Gasteiger partial charge in [-0.05, 0) is 13.0 Å². The van der Waals surface area contributed by atoms with Crippen LogP contribution in [0, 0.1) is 6.92 Å². The molecule has 0 aromatic carbocycles. The first-order valence-corrected chi connectivity index (χ1v) is 3.16. The second-order valence-corrected chi connectivity index (χ2v) is 2.22. The zero-order valence-corrected chi connectivity index (χ0v) is 5.87. The van der Waals surface area contributed by atoms with Crippen LogP contribution < -0.4 is 5.73 Å². The summed E-state index contributed by atoms with van der Waals surface area (Å²) in [5.41, 5.74) is 6.41. The Hall–Kier alpha value is -0.800. The Morgan fingerprint density at radius 1 is 1.80 bits per heavy atom. The van der Waals surface area contributed by atoms with Crippen LogP contribution in [0.5, 0.6) is 0 Å². The summed E-state index contributed by atoms with van der Waals surface area (Å²) in [7, 11) is 0. The van der Waals surface area contributed by atoms with Gasteiger partial charge in [0, 0.05) is 5.56 Å². The Bertz CT molecular complexity index is 207. The molecule has 1 aromatic heterocycles. The monoisotopic (exact) mass is 141 g/mol. The summed E-state index contributed by atoms with van der Waals surface area (Å²) in [6, 6.07) is 1.47. The average Bonchev–Trinajstić information content (AvgIpc) is 2.34. The van der Waals surface area contributed by atoms with Crippen LogP contribution in [0.25, 0.3) is 0 Å². The second-order valence-electron chi connectivity index (χ2n) is 2.22. The van der Waals surface area contributed by atoms with E-state index in [2.05, 4.69) is 0 Å². The van der Waals surface area contributed by atoms with E-state index >= 15 is 0 Å². The maximum atomic E-state index is 8.66. The Balaban J connectivity index is 2.82. The lowest BCUT2D eigenvalue weighted by Crippen LogP contribution is -2.14. The van der Waals surface area contributed by atoms with Gasteiger partial charge in [0.2, 0.25) is 0 Å². The van der Waals surface area contributed by atoms with Gasteiger partial charge in [0.1, 0.15) is 5.76 Å². The van der Waals surface area contributed by atoms with Crippen molar-refractivity contribution in [1.29, 1.82) is 0 Å². The third kappa shape index (κ3) is 1.20. The molecule has 3 N–H and O–H groups in total. The minimum Gasteiger partial charge on any atom is -0.469 e. The molecule has 1 aromatic rings. The predicted molar refractivity (Wildman–Crippen MR) is 37.5 cm³/mol. The molecule has 56 valence electrons. The SMILES string of the molecule is Cc1occc1C(N)CO. The summed E-state index contributed by atoms with van der Waals surface area (Å²) in [5, 5.41) is 8.66. The number of hydrogen-bond donors (Lipinski definition) is 2. The Morgan fingerprint density at radius 2 is 2.50 bits per heavy atom. The van der Waals surface area contributed by atoms with Crippen LogP contribution in [0.3, 0.4) is 0 Å². The zero-order chi connectivity index (χ0) is 7.56. The van der Waals surface area contributed by atoms with E-state index in [4.69, 9.17) is 15.3 Å². The molecule has 0 bridgehead atoms.